The maximum absolute atomic E-state index is 12.8. The van der Waals surface area contributed by atoms with Gasteiger partial charge in [-0.3, -0.25) is 4.79 Å². The molecule has 0 aliphatic carbocycles. The minimum absolute atomic E-state index is 0.117. The van der Waals surface area contributed by atoms with E-state index in [-0.39, 0.29) is 23.9 Å². The van der Waals surface area contributed by atoms with Crippen LogP contribution >= 0.6 is 0 Å². The van der Waals surface area contributed by atoms with Gasteiger partial charge in [-0.25, -0.2) is 8.42 Å². The highest BCUT2D eigenvalue weighted by molar-refractivity contribution is 7.89. The summed E-state index contributed by atoms with van der Waals surface area (Å²) >= 11 is 0. The van der Waals surface area contributed by atoms with Crippen molar-refractivity contribution in [2.75, 3.05) is 39.9 Å². The van der Waals surface area contributed by atoms with E-state index in [1.54, 1.807) is 29.2 Å². The zero-order valence-corrected chi connectivity index (χ0v) is 17.6. The molecule has 1 amide bonds. The van der Waals surface area contributed by atoms with Gasteiger partial charge in [-0.2, -0.15) is 4.31 Å². The van der Waals surface area contributed by atoms with E-state index in [2.05, 4.69) is 0 Å². The molecule has 0 N–H and O–H groups in total. The molecule has 30 heavy (non-hydrogen) atoms. The second kappa shape index (κ2) is 8.49. The van der Waals surface area contributed by atoms with Gasteiger partial charge in [-0.15, -0.1) is 0 Å². The van der Waals surface area contributed by atoms with Crippen LogP contribution in [0.25, 0.3) is 6.08 Å². The summed E-state index contributed by atoms with van der Waals surface area (Å²) < 4.78 is 37.6. The Labute approximate surface area is 176 Å². The van der Waals surface area contributed by atoms with Crippen LogP contribution in [0.1, 0.15) is 11.1 Å². The van der Waals surface area contributed by atoms with E-state index in [0.29, 0.717) is 25.4 Å². The van der Waals surface area contributed by atoms with Gasteiger partial charge in [0.25, 0.3) is 0 Å². The van der Waals surface area contributed by atoms with E-state index in [1.165, 1.54) is 23.5 Å². The van der Waals surface area contributed by atoms with Crippen LogP contribution in [0, 0.1) is 0 Å². The lowest BCUT2D eigenvalue weighted by Crippen LogP contribution is -2.50. The summed E-state index contributed by atoms with van der Waals surface area (Å²) in [5.74, 6) is 1.40. The average molecular weight is 429 g/mol. The Morgan fingerprint density at radius 2 is 1.80 bits per heavy atom. The number of piperazine rings is 1. The molecule has 1 saturated heterocycles. The molecular formula is C22H24N2O5S. The van der Waals surface area contributed by atoms with Crippen molar-refractivity contribution >= 4 is 22.0 Å². The summed E-state index contributed by atoms with van der Waals surface area (Å²) in [5, 5.41) is 0. The standard InChI is InChI=1S/C22H24N2O5S/c1-28-19-4-6-20(7-5-19)30(26,27)24-13-11-23(12-14-24)22(25)9-3-17-2-8-21-18(16-17)10-15-29-21/h2-9,16H,10-15H2,1H3/b9-3+. The molecule has 7 nitrogen and oxygen atoms in total. The molecule has 158 valence electrons. The molecule has 2 aromatic carbocycles. The Balaban J connectivity index is 1.36. The second-order valence-corrected chi connectivity index (χ2v) is 9.14. The number of benzene rings is 2. The van der Waals surface area contributed by atoms with E-state index in [1.807, 2.05) is 18.2 Å². The molecule has 2 heterocycles. The third kappa shape index (κ3) is 4.20. The molecule has 0 bridgehead atoms. The number of carbonyl (C=O) groups is 1. The van der Waals surface area contributed by atoms with E-state index in [9.17, 15) is 13.2 Å². The van der Waals surface area contributed by atoms with Crippen molar-refractivity contribution in [1.82, 2.24) is 9.21 Å². The Morgan fingerprint density at radius 3 is 2.50 bits per heavy atom. The molecule has 8 heteroatoms. The van der Waals surface area contributed by atoms with E-state index < -0.39 is 10.0 Å². The molecule has 1 fully saturated rings. The molecule has 0 saturated carbocycles. The highest BCUT2D eigenvalue weighted by Crippen LogP contribution is 2.26. The fraction of sp³-hybridized carbons (Fsp3) is 0.318. The zero-order valence-electron chi connectivity index (χ0n) is 16.8. The van der Waals surface area contributed by atoms with Crippen LogP contribution in [0.3, 0.4) is 0 Å². The van der Waals surface area contributed by atoms with Crippen LogP contribution in [0.15, 0.2) is 53.4 Å². The molecule has 4 rings (SSSR count). The van der Waals surface area contributed by atoms with Crippen molar-refractivity contribution < 1.29 is 22.7 Å². The average Bonchev–Trinajstić information content (AvgIpc) is 3.25. The number of hydrogen-bond donors (Lipinski definition) is 0. The van der Waals surface area contributed by atoms with Gasteiger partial charge in [0, 0.05) is 38.7 Å². The lowest BCUT2D eigenvalue weighted by atomic mass is 10.1. The number of sulfonamides is 1. The Bertz CT molecular complexity index is 1060. The molecule has 0 aromatic heterocycles. The first-order valence-corrected chi connectivity index (χ1v) is 11.3. The smallest absolute Gasteiger partial charge is 0.246 e. The van der Waals surface area contributed by atoms with Crippen molar-refractivity contribution in [2.24, 2.45) is 0 Å². The lowest BCUT2D eigenvalue weighted by molar-refractivity contribution is -0.127. The van der Waals surface area contributed by atoms with Crippen molar-refractivity contribution in [3.63, 3.8) is 0 Å². The Morgan fingerprint density at radius 1 is 1.07 bits per heavy atom. The summed E-state index contributed by atoms with van der Waals surface area (Å²) in [5.41, 5.74) is 2.11. The molecule has 0 unspecified atom stereocenters. The maximum atomic E-state index is 12.8. The van der Waals surface area contributed by atoms with Gasteiger partial charge in [-0.05, 0) is 53.6 Å². The number of hydrogen-bond acceptors (Lipinski definition) is 5. The van der Waals surface area contributed by atoms with Gasteiger partial charge in [0.1, 0.15) is 11.5 Å². The number of ether oxygens (including phenoxy) is 2. The van der Waals surface area contributed by atoms with Crippen LogP contribution in [0.2, 0.25) is 0 Å². The van der Waals surface area contributed by atoms with Crippen molar-refractivity contribution in [3.8, 4) is 11.5 Å². The summed E-state index contributed by atoms with van der Waals surface area (Å²) in [6.07, 6.45) is 4.22. The van der Waals surface area contributed by atoms with Crippen LogP contribution in [-0.4, -0.2) is 63.4 Å². The fourth-order valence-corrected chi connectivity index (χ4v) is 5.05. The fourth-order valence-electron chi connectivity index (χ4n) is 3.63. The Kier molecular flexibility index (Phi) is 5.78. The molecular weight excluding hydrogens is 404 g/mol. The highest BCUT2D eigenvalue weighted by atomic mass is 32.2. The summed E-state index contributed by atoms with van der Waals surface area (Å²) in [6.45, 7) is 1.95. The number of nitrogens with zero attached hydrogens (tertiary/aromatic N) is 2. The topological polar surface area (TPSA) is 76.2 Å². The predicted molar refractivity (Wildman–Crippen MR) is 113 cm³/mol. The molecule has 2 aliphatic heterocycles. The van der Waals surface area contributed by atoms with E-state index in [0.717, 1.165) is 23.3 Å². The summed E-state index contributed by atoms with van der Waals surface area (Å²) in [6, 6.07) is 12.2. The Hall–Kier alpha value is -2.84. The monoisotopic (exact) mass is 428 g/mol. The van der Waals surface area contributed by atoms with Crippen molar-refractivity contribution in [3.05, 3.63) is 59.7 Å². The van der Waals surface area contributed by atoms with Gasteiger partial charge in [-0.1, -0.05) is 6.07 Å². The molecule has 2 aliphatic rings. The van der Waals surface area contributed by atoms with Gasteiger partial charge >= 0.3 is 0 Å². The van der Waals surface area contributed by atoms with E-state index in [4.69, 9.17) is 9.47 Å². The normalized spacial score (nSPS) is 17.0. The van der Waals surface area contributed by atoms with Gasteiger partial charge in [0.2, 0.25) is 15.9 Å². The zero-order chi connectivity index (χ0) is 21.1. The largest absolute Gasteiger partial charge is 0.497 e. The first-order chi connectivity index (χ1) is 14.5. The van der Waals surface area contributed by atoms with E-state index >= 15 is 0 Å². The van der Waals surface area contributed by atoms with Gasteiger partial charge in [0.15, 0.2) is 0 Å². The SMILES string of the molecule is COc1ccc(S(=O)(=O)N2CCN(C(=O)/C=C/c3ccc4c(c3)CCO4)CC2)cc1. The van der Waals surface area contributed by atoms with Crippen LogP contribution < -0.4 is 9.47 Å². The first kappa shape index (κ1) is 20.4. The number of carbonyl (C=O) groups excluding carboxylic acids is 1. The minimum atomic E-state index is -3.59. The van der Waals surface area contributed by atoms with Crippen LogP contribution in [0.4, 0.5) is 0 Å². The molecule has 0 spiro atoms. The number of methoxy groups -OCH3 is 1. The van der Waals surface area contributed by atoms with Gasteiger partial charge < -0.3 is 14.4 Å². The molecule has 0 atom stereocenters. The summed E-state index contributed by atoms with van der Waals surface area (Å²) in [4.78, 5) is 14.4. The second-order valence-electron chi connectivity index (χ2n) is 7.20. The first-order valence-electron chi connectivity index (χ1n) is 9.84. The van der Waals surface area contributed by atoms with Gasteiger partial charge in [0.05, 0.1) is 18.6 Å². The van der Waals surface area contributed by atoms with Crippen LogP contribution in [0.5, 0.6) is 11.5 Å². The van der Waals surface area contributed by atoms with Crippen LogP contribution in [-0.2, 0) is 21.2 Å². The number of fused-ring (bicyclic) bond motifs is 1. The predicted octanol–water partition coefficient (Wildman–Crippen LogP) is 2.18. The third-order valence-electron chi connectivity index (χ3n) is 5.38. The highest BCUT2D eigenvalue weighted by Gasteiger charge is 2.29. The number of amides is 1. The minimum Gasteiger partial charge on any atom is -0.497 e. The van der Waals surface area contributed by atoms with Crippen molar-refractivity contribution in [1.29, 1.82) is 0 Å². The van der Waals surface area contributed by atoms with Crippen molar-refractivity contribution in [2.45, 2.75) is 11.3 Å². The lowest BCUT2D eigenvalue weighted by Gasteiger charge is -2.33. The third-order valence-corrected chi connectivity index (χ3v) is 7.29. The maximum Gasteiger partial charge on any atom is 0.246 e. The molecule has 0 radical (unpaired) electrons. The number of rotatable bonds is 5. The quantitative estimate of drug-likeness (QED) is 0.683. The molecule has 2 aromatic rings. The summed E-state index contributed by atoms with van der Waals surface area (Å²) in [7, 11) is -2.05.